The molecule has 0 bridgehead atoms. The SMILES string of the molecule is COC(=O)c1csc(-c2cccs2)n1. The molecule has 0 saturated carbocycles. The van der Waals surface area contributed by atoms with Gasteiger partial charge >= 0.3 is 5.97 Å². The number of ether oxygens (including phenoxy) is 1. The zero-order valence-corrected chi connectivity index (χ0v) is 9.02. The molecule has 5 heteroatoms. The van der Waals surface area contributed by atoms with Crippen LogP contribution in [0.5, 0.6) is 0 Å². The summed E-state index contributed by atoms with van der Waals surface area (Å²) in [6.45, 7) is 0. The summed E-state index contributed by atoms with van der Waals surface area (Å²) in [5.74, 6) is -0.385. The van der Waals surface area contributed by atoms with Crippen molar-refractivity contribution in [3.63, 3.8) is 0 Å². The molecule has 0 fully saturated rings. The number of esters is 1. The lowest BCUT2D eigenvalue weighted by molar-refractivity contribution is 0.0595. The van der Waals surface area contributed by atoms with Crippen LogP contribution in [0.3, 0.4) is 0 Å². The van der Waals surface area contributed by atoms with Crippen LogP contribution in [0.15, 0.2) is 22.9 Å². The molecule has 0 amide bonds. The molecule has 0 saturated heterocycles. The van der Waals surface area contributed by atoms with Crippen molar-refractivity contribution in [2.45, 2.75) is 0 Å². The minimum absolute atomic E-state index is 0.376. The lowest BCUT2D eigenvalue weighted by Gasteiger charge is -1.91. The molecule has 14 heavy (non-hydrogen) atoms. The van der Waals surface area contributed by atoms with Gasteiger partial charge in [-0.3, -0.25) is 0 Å². The molecular formula is C9H7NO2S2. The number of carbonyl (C=O) groups excluding carboxylic acids is 1. The van der Waals surface area contributed by atoms with E-state index < -0.39 is 0 Å². The van der Waals surface area contributed by atoms with Gasteiger partial charge in [0.1, 0.15) is 5.01 Å². The quantitative estimate of drug-likeness (QED) is 0.737. The van der Waals surface area contributed by atoms with E-state index >= 15 is 0 Å². The number of methoxy groups -OCH3 is 1. The third kappa shape index (κ3) is 1.69. The first-order valence-corrected chi connectivity index (χ1v) is 5.65. The number of thiazole rings is 1. The number of thiophene rings is 1. The van der Waals surface area contributed by atoms with Gasteiger partial charge in [-0.05, 0) is 11.4 Å². The third-order valence-electron chi connectivity index (χ3n) is 1.63. The normalized spacial score (nSPS) is 10.1. The van der Waals surface area contributed by atoms with Gasteiger partial charge in [0, 0.05) is 5.38 Å². The lowest BCUT2D eigenvalue weighted by Crippen LogP contribution is -2.00. The van der Waals surface area contributed by atoms with E-state index in [-0.39, 0.29) is 5.97 Å². The second kappa shape index (κ2) is 3.89. The van der Waals surface area contributed by atoms with Gasteiger partial charge in [-0.1, -0.05) is 6.07 Å². The maximum absolute atomic E-state index is 11.1. The van der Waals surface area contributed by atoms with Gasteiger partial charge < -0.3 is 4.74 Å². The van der Waals surface area contributed by atoms with E-state index in [1.807, 2.05) is 17.5 Å². The molecule has 0 N–H and O–H groups in total. The van der Waals surface area contributed by atoms with Crippen molar-refractivity contribution in [1.82, 2.24) is 4.98 Å². The molecule has 0 spiro atoms. The molecule has 2 aromatic rings. The van der Waals surface area contributed by atoms with Crippen LogP contribution >= 0.6 is 22.7 Å². The van der Waals surface area contributed by atoms with Crippen molar-refractivity contribution in [3.8, 4) is 9.88 Å². The topological polar surface area (TPSA) is 39.2 Å². The standard InChI is InChI=1S/C9H7NO2S2/c1-12-9(11)6-5-14-8(10-6)7-3-2-4-13-7/h2-5H,1H3. The summed E-state index contributed by atoms with van der Waals surface area (Å²) >= 11 is 3.05. The van der Waals surface area contributed by atoms with E-state index in [4.69, 9.17) is 0 Å². The fraction of sp³-hybridized carbons (Fsp3) is 0.111. The number of rotatable bonds is 2. The zero-order valence-electron chi connectivity index (χ0n) is 7.39. The van der Waals surface area contributed by atoms with Crippen LogP contribution in [0, 0.1) is 0 Å². The van der Waals surface area contributed by atoms with Gasteiger partial charge in [-0.15, -0.1) is 22.7 Å². The molecule has 72 valence electrons. The minimum Gasteiger partial charge on any atom is -0.464 e. The van der Waals surface area contributed by atoms with Crippen molar-refractivity contribution in [2.24, 2.45) is 0 Å². The van der Waals surface area contributed by atoms with E-state index in [2.05, 4.69) is 9.72 Å². The summed E-state index contributed by atoms with van der Waals surface area (Å²) in [5.41, 5.74) is 0.376. The maximum atomic E-state index is 11.1. The number of nitrogens with zero attached hydrogens (tertiary/aromatic N) is 1. The Morgan fingerprint density at radius 3 is 3.00 bits per heavy atom. The van der Waals surface area contributed by atoms with E-state index in [9.17, 15) is 4.79 Å². The van der Waals surface area contributed by atoms with Crippen molar-refractivity contribution >= 4 is 28.6 Å². The number of hydrogen-bond donors (Lipinski definition) is 0. The highest BCUT2D eigenvalue weighted by atomic mass is 32.1. The molecule has 2 rings (SSSR count). The molecule has 0 aliphatic rings. The van der Waals surface area contributed by atoms with Crippen molar-refractivity contribution in [2.75, 3.05) is 7.11 Å². The average Bonchev–Trinajstić information content (AvgIpc) is 2.86. The monoisotopic (exact) mass is 225 g/mol. The molecular weight excluding hydrogens is 218 g/mol. The van der Waals surface area contributed by atoms with Gasteiger partial charge in [0.25, 0.3) is 0 Å². The Morgan fingerprint density at radius 2 is 2.36 bits per heavy atom. The third-order valence-corrected chi connectivity index (χ3v) is 3.51. The van der Waals surface area contributed by atoms with Crippen LogP contribution in [-0.4, -0.2) is 18.1 Å². The summed E-state index contributed by atoms with van der Waals surface area (Å²) in [4.78, 5) is 16.4. The zero-order chi connectivity index (χ0) is 9.97. The van der Waals surface area contributed by atoms with Crippen molar-refractivity contribution < 1.29 is 9.53 Å². The van der Waals surface area contributed by atoms with Crippen LogP contribution in [-0.2, 0) is 4.74 Å². The number of aromatic nitrogens is 1. The van der Waals surface area contributed by atoms with Gasteiger partial charge in [0.15, 0.2) is 5.69 Å². The van der Waals surface area contributed by atoms with Crippen LogP contribution in [0.2, 0.25) is 0 Å². The Balaban J connectivity index is 2.31. The minimum atomic E-state index is -0.385. The first-order chi connectivity index (χ1) is 6.81. The van der Waals surface area contributed by atoms with Crippen LogP contribution in [0.4, 0.5) is 0 Å². The molecule has 0 atom stereocenters. The summed E-state index contributed by atoms with van der Waals surface area (Å²) in [6.07, 6.45) is 0. The van der Waals surface area contributed by atoms with E-state index in [0.29, 0.717) is 5.69 Å². The van der Waals surface area contributed by atoms with E-state index in [0.717, 1.165) is 9.88 Å². The molecule has 0 aliphatic heterocycles. The lowest BCUT2D eigenvalue weighted by atomic mass is 10.4. The van der Waals surface area contributed by atoms with Crippen molar-refractivity contribution in [3.05, 3.63) is 28.6 Å². The van der Waals surface area contributed by atoms with E-state index in [1.165, 1.54) is 18.4 Å². The molecule has 0 unspecified atom stereocenters. The van der Waals surface area contributed by atoms with Gasteiger partial charge in [-0.2, -0.15) is 0 Å². The average molecular weight is 225 g/mol. The van der Waals surface area contributed by atoms with Crippen LogP contribution < -0.4 is 0 Å². The molecule has 0 aliphatic carbocycles. The fourth-order valence-electron chi connectivity index (χ4n) is 0.985. The number of hydrogen-bond acceptors (Lipinski definition) is 5. The summed E-state index contributed by atoms with van der Waals surface area (Å²) in [6, 6.07) is 3.93. The molecule has 3 nitrogen and oxygen atoms in total. The summed E-state index contributed by atoms with van der Waals surface area (Å²) in [5, 5.41) is 4.55. The Morgan fingerprint density at radius 1 is 1.50 bits per heavy atom. The Hall–Kier alpha value is -1.20. The summed E-state index contributed by atoms with van der Waals surface area (Å²) < 4.78 is 4.58. The van der Waals surface area contributed by atoms with Crippen LogP contribution in [0.1, 0.15) is 10.5 Å². The first-order valence-electron chi connectivity index (χ1n) is 3.89. The molecule has 2 heterocycles. The van der Waals surface area contributed by atoms with Crippen molar-refractivity contribution in [1.29, 1.82) is 0 Å². The Kier molecular flexibility index (Phi) is 2.60. The highest BCUT2D eigenvalue weighted by Crippen LogP contribution is 2.27. The second-order valence-electron chi connectivity index (χ2n) is 2.51. The van der Waals surface area contributed by atoms with Gasteiger partial charge in [-0.25, -0.2) is 9.78 Å². The number of carbonyl (C=O) groups is 1. The largest absolute Gasteiger partial charge is 0.464 e. The second-order valence-corrected chi connectivity index (χ2v) is 4.31. The predicted molar refractivity (Wildman–Crippen MR) is 56.8 cm³/mol. The van der Waals surface area contributed by atoms with Gasteiger partial charge in [0.2, 0.25) is 0 Å². The molecule has 0 aromatic carbocycles. The summed E-state index contributed by atoms with van der Waals surface area (Å²) in [7, 11) is 1.35. The Bertz CT molecular complexity index is 433. The van der Waals surface area contributed by atoms with Crippen LogP contribution in [0.25, 0.3) is 9.88 Å². The highest BCUT2D eigenvalue weighted by molar-refractivity contribution is 7.20. The highest BCUT2D eigenvalue weighted by Gasteiger charge is 2.11. The first kappa shape index (κ1) is 9.36. The van der Waals surface area contributed by atoms with Gasteiger partial charge in [0.05, 0.1) is 12.0 Å². The maximum Gasteiger partial charge on any atom is 0.357 e. The Labute approximate surface area is 89.0 Å². The predicted octanol–water partition coefficient (Wildman–Crippen LogP) is 2.66. The van der Waals surface area contributed by atoms with E-state index in [1.54, 1.807) is 16.7 Å². The molecule has 0 radical (unpaired) electrons. The fourth-order valence-corrected chi connectivity index (χ4v) is 2.59. The smallest absolute Gasteiger partial charge is 0.357 e. The molecule has 2 aromatic heterocycles.